The maximum atomic E-state index is 9.75. The highest BCUT2D eigenvalue weighted by atomic mass is 16.5. The summed E-state index contributed by atoms with van der Waals surface area (Å²) in [5.41, 5.74) is 7.67. The van der Waals surface area contributed by atoms with Gasteiger partial charge in [0.2, 0.25) is 0 Å². The summed E-state index contributed by atoms with van der Waals surface area (Å²) in [6.45, 7) is 2.53. The fourth-order valence-corrected chi connectivity index (χ4v) is 1.67. The SMILES string of the molecule is C[C@@H](N)[C@H](O)c1ccc2c(c1)OCC2. The van der Waals surface area contributed by atoms with Crippen molar-refractivity contribution in [3.8, 4) is 5.75 Å². The third-order valence-electron chi connectivity index (χ3n) is 2.56. The van der Waals surface area contributed by atoms with Gasteiger partial charge in [0, 0.05) is 12.5 Å². The number of aliphatic hydroxyl groups is 1. The van der Waals surface area contributed by atoms with Crippen LogP contribution in [0, 0.1) is 0 Å². The second kappa shape index (κ2) is 3.59. The van der Waals surface area contributed by atoms with Crippen molar-refractivity contribution in [2.45, 2.75) is 25.5 Å². The monoisotopic (exact) mass is 193 g/mol. The predicted molar refractivity (Wildman–Crippen MR) is 54.3 cm³/mol. The first-order valence-electron chi connectivity index (χ1n) is 4.88. The van der Waals surface area contributed by atoms with E-state index in [2.05, 4.69) is 0 Å². The molecule has 0 aliphatic carbocycles. The highest BCUT2D eigenvalue weighted by molar-refractivity contribution is 5.40. The zero-order valence-corrected chi connectivity index (χ0v) is 8.23. The molecule has 3 heteroatoms. The van der Waals surface area contributed by atoms with Crippen LogP contribution in [0.3, 0.4) is 0 Å². The largest absolute Gasteiger partial charge is 0.493 e. The molecule has 0 bridgehead atoms. The van der Waals surface area contributed by atoms with Crippen LogP contribution in [0.1, 0.15) is 24.2 Å². The molecule has 2 rings (SSSR count). The minimum Gasteiger partial charge on any atom is -0.493 e. The van der Waals surface area contributed by atoms with Crippen LogP contribution >= 0.6 is 0 Å². The first kappa shape index (κ1) is 9.49. The van der Waals surface area contributed by atoms with Gasteiger partial charge in [-0.05, 0) is 24.1 Å². The lowest BCUT2D eigenvalue weighted by atomic mass is 10.0. The van der Waals surface area contributed by atoms with Crippen LogP contribution in [-0.2, 0) is 6.42 Å². The molecule has 1 aliphatic rings. The van der Waals surface area contributed by atoms with Gasteiger partial charge in [0.05, 0.1) is 12.7 Å². The van der Waals surface area contributed by atoms with Gasteiger partial charge in [-0.15, -0.1) is 0 Å². The van der Waals surface area contributed by atoms with Crippen molar-refractivity contribution in [1.29, 1.82) is 0 Å². The Morgan fingerprint density at radius 3 is 3.00 bits per heavy atom. The number of fused-ring (bicyclic) bond motifs is 1. The average molecular weight is 193 g/mol. The molecule has 0 fully saturated rings. The molecular weight excluding hydrogens is 178 g/mol. The minimum absolute atomic E-state index is 0.255. The summed E-state index contributed by atoms with van der Waals surface area (Å²) in [5.74, 6) is 0.891. The van der Waals surface area contributed by atoms with Crippen molar-refractivity contribution in [2.24, 2.45) is 5.73 Å². The number of hydrogen-bond acceptors (Lipinski definition) is 3. The Kier molecular flexibility index (Phi) is 2.44. The number of benzene rings is 1. The highest BCUT2D eigenvalue weighted by Crippen LogP contribution is 2.29. The van der Waals surface area contributed by atoms with Crippen molar-refractivity contribution in [3.63, 3.8) is 0 Å². The summed E-state index contributed by atoms with van der Waals surface area (Å²) in [6.07, 6.45) is 0.355. The van der Waals surface area contributed by atoms with Crippen molar-refractivity contribution in [2.75, 3.05) is 6.61 Å². The van der Waals surface area contributed by atoms with E-state index in [9.17, 15) is 5.11 Å². The molecule has 0 unspecified atom stereocenters. The molecule has 14 heavy (non-hydrogen) atoms. The standard InChI is InChI=1S/C11H15NO2/c1-7(12)11(13)9-3-2-8-4-5-14-10(8)6-9/h2-3,6-7,11,13H,4-5,12H2,1H3/t7-,11+/m1/s1. The summed E-state index contributed by atoms with van der Waals surface area (Å²) in [6, 6.07) is 5.55. The Balaban J connectivity index is 2.28. The molecule has 1 aliphatic heterocycles. The third-order valence-corrected chi connectivity index (χ3v) is 2.56. The number of hydrogen-bond donors (Lipinski definition) is 2. The molecule has 1 aromatic rings. The van der Waals surface area contributed by atoms with Gasteiger partial charge in [0.15, 0.2) is 0 Å². The summed E-state index contributed by atoms with van der Waals surface area (Å²) < 4.78 is 5.42. The second-order valence-corrected chi connectivity index (χ2v) is 3.77. The van der Waals surface area contributed by atoms with Crippen molar-refractivity contribution < 1.29 is 9.84 Å². The van der Waals surface area contributed by atoms with E-state index < -0.39 is 6.10 Å². The summed E-state index contributed by atoms with van der Waals surface area (Å²) in [5, 5.41) is 9.75. The van der Waals surface area contributed by atoms with E-state index in [1.54, 1.807) is 6.92 Å². The van der Waals surface area contributed by atoms with Crippen molar-refractivity contribution >= 4 is 0 Å². The smallest absolute Gasteiger partial charge is 0.122 e. The Morgan fingerprint density at radius 2 is 2.29 bits per heavy atom. The number of ether oxygens (including phenoxy) is 1. The van der Waals surface area contributed by atoms with E-state index in [0.717, 1.165) is 24.3 Å². The van der Waals surface area contributed by atoms with Gasteiger partial charge >= 0.3 is 0 Å². The molecule has 2 atom stereocenters. The Labute approximate surface area is 83.5 Å². The van der Waals surface area contributed by atoms with E-state index in [-0.39, 0.29) is 6.04 Å². The Hall–Kier alpha value is -1.06. The molecule has 76 valence electrons. The van der Waals surface area contributed by atoms with Crippen LogP contribution in [0.5, 0.6) is 5.75 Å². The number of rotatable bonds is 2. The molecule has 0 saturated heterocycles. The Morgan fingerprint density at radius 1 is 1.50 bits per heavy atom. The van der Waals surface area contributed by atoms with Crippen LogP contribution in [0.2, 0.25) is 0 Å². The molecule has 0 aromatic heterocycles. The van der Waals surface area contributed by atoms with E-state index in [4.69, 9.17) is 10.5 Å². The normalized spacial score (nSPS) is 18.5. The van der Waals surface area contributed by atoms with E-state index in [0.29, 0.717) is 0 Å². The molecule has 0 spiro atoms. The van der Waals surface area contributed by atoms with E-state index in [1.165, 1.54) is 5.56 Å². The molecule has 0 saturated carbocycles. The lowest BCUT2D eigenvalue weighted by molar-refractivity contribution is 0.153. The lowest BCUT2D eigenvalue weighted by Gasteiger charge is -2.15. The van der Waals surface area contributed by atoms with Gasteiger partial charge in [0.1, 0.15) is 5.75 Å². The van der Waals surface area contributed by atoms with Gasteiger partial charge < -0.3 is 15.6 Å². The maximum absolute atomic E-state index is 9.75. The number of nitrogens with two attached hydrogens (primary N) is 1. The maximum Gasteiger partial charge on any atom is 0.122 e. The van der Waals surface area contributed by atoms with Crippen LogP contribution in [-0.4, -0.2) is 17.8 Å². The fraction of sp³-hybridized carbons (Fsp3) is 0.455. The average Bonchev–Trinajstić information content (AvgIpc) is 2.62. The topological polar surface area (TPSA) is 55.5 Å². The van der Waals surface area contributed by atoms with Crippen LogP contribution in [0.15, 0.2) is 18.2 Å². The van der Waals surface area contributed by atoms with E-state index in [1.807, 2.05) is 18.2 Å². The summed E-state index contributed by atoms with van der Waals surface area (Å²) >= 11 is 0. The molecule has 1 aromatic carbocycles. The zero-order valence-electron chi connectivity index (χ0n) is 8.23. The molecule has 0 radical (unpaired) electrons. The van der Waals surface area contributed by atoms with Gasteiger partial charge in [-0.1, -0.05) is 12.1 Å². The molecular formula is C11H15NO2. The minimum atomic E-state index is -0.607. The zero-order chi connectivity index (χ0) is 10.1. The van der Waals surface area contributed by atoms with Crippen molar-refractivity contribution in [3.05, 3.63) is 29.3 Å². The molecule has 3 N–H and O–H groups in total. The molecule has 0 amide bonds. The first-order valence-corrected chi connectivity index (χ1v) is 4.88. The van der Waals surface area contributed by atoms with Crippen LogP contribution < -0.4 is 10.5 Å². The lowest BCUT2D eigenvalue weighted by Crippen LogP contribution is -2.24. The summed E-state index contributed by atoms with van der Waals surface area (Å²) in [4.78, 5) is 0. The van der Waals surface area contributed by atoms with Gasteiger partial charge in [-0.2, -0.15) is 0 Å². The summed E-state index contributed by atoms with van der Waals surface area (Å²) in [7, 11) is 0. The molecule has 3 nitrogen and oxygen atoms in total. The first-order chi connectivity index (χ1) is 6.68. The molecule has 1 heterocycles. The second-order valence-electron chi connectivity index (χ2n) is 3.77. The Bertz CT molecular complexity index is 336. The highest BCUT2D eigenvalue weighted by Gasteiger charge is 2.17. The van der Waals surface area contributed by atoms with Gasteiger partial charge in [-0.25, -0.2) is 0 Å². The van der Waals surface area contributed by atoms with Gasteiger partial charge in [-0.3, -0.25) is 0 Å². The number of aliphatic hydroxyl groups excluding tert-OH is 1. The van der Waals surface area contributed by atoms with Crippen molar-refractivity contribution in [1.82, 2.24) is 0 Å². The van der Waals surface area contributed by atoms with Crippen LogP contribution in [0.25, 0.3) is 0 Å². The van der Waals surface area contributed by atoms with Crippen LogP contribution in [0.4, 0.5) is 0 Å². The quantitative estimate of drug-likeness (QED) is 0.736. The van der Waals surface area contributed by atoms with E-state index >= 15 is 0 Å². The third kappa shape index (κ3) is 1.61. The predicted octanol–water partition coefficient (Wildman–Crippen LogP) is 1.00. The fourth-order valence-electron chi connectivity index (χ4n) is 1.67. The van der Waals surface area contributed by atoms with Gasteiger partial charge in [0.25, 0.3) is 0 Å².